The third kappa shape index (κ3) is 6.70. The zero-order chi connectivity index (χ0) is 33.8. The Kier molecular flexibility index (Phi) is 10.2. The van der Waals surface area contributed by atoms with Crippen molar-refractivity contribution in [3.8, 4) is 0 Å². The first kappa shape index (κ1) is 35.9. The molecule has 42 heavy (non-hydrogen) atoms. The Balaban J connectivity index is 7.33. The summed E-state index contributed by atoms with van der Waals surface area (Å²) in [6, 6.07) is 0. The van der Waals surface area contributed by atoms with Crippen LogP contribution in [0.1, 0.15) is 0 Å². The average molecular weight is 632 g/mol. The summed E-state index contributed by atoms with van der Waals surface area (Å²) in [5, 5.41) is 86.6. The normalized spacial score (nSPS) is 12.0. The fourth-order valence-electron chi connectivity index (χ4n) is 2.37. The number of amides is 2. The van der Waals surface area contributed by atoms with E-state index in [1.165, 1.54) is 0 Å². The Morgan fingerprint density at radius 2 is 0.524 bits per heavy atom. The minimum atomic E-state index is -5.36. The predicted octanol–water partition coefficient (Wildman–Crippen LogP) is -2.65. The maximum atomic E-state index is 14.4. The molecule has 0 spiro atoms. The van der Waals surface area contributed by atoms with Crippen molar-refractivity contribution in [2.24, 2.45) is 0 Å². The summed E-state index contributed by atoms with van der Waals surface area (Å²) in [6.45, 7) is -12.2. The third-order valence-corrected chi connectivity index (χ3v) is 4.56. The number of carbonyl (C=O) groups excluding carboxylic acids is 2. The molecule has 2 amide bonds. The molecule has 0 aromatic heterocycles. The number of hydrogen-bond donors (Lipinski definition) is 0. The monoisotopic (exact) mass is 632 g/mol. The van der Waals surface area contributed by atoms with Crippen LogP contribution in [-0.2, 0) is 9.59 Å². The maximum Gasteiger partial charge on any atom is 0.631 e. The molecule has 0 rings (SSSR count). The second-order valence-corrected chi connectivity index (χ2v) is 7.25. The second-order valence-electron chi connectivity index (χ2n) is 7.25. The second kappa shape index (κ2) is 11.9. The summed E-state index contributed by atoms with van der Waals surface area (Å²) in [5.41, 5.74) is 0. The van der Waals surface area contributed by atoms with Crippen molar-refractivity contribution < 1.29 is 66.5 Å². The lowest BCUT2D eigenvalue weighted by atomic mass is 10.2. The molecular weight excluding hydrogens is 624 g/mol. The molecule has 0 saturated carbocycles. The van der Waals surface area contributed by atoms with Gasteiger partial charge in [-0.2, -0.15) is 0 Å². The van der Waals surface area contributed by atoms with Crippen molar-refractivity contribution in [2.45, 2.75) is 23.7 Å². The van der Waals surface area contributed by atoms with Crippen LogP contribution in [0.2, 0.25) is 0 Å². The summed E-state index contributed by atoms with van der Waals surface area (Å²) in [7, 11) is 0. The van der Waals surface area contributed by atoms with Gasteiger partial charge >= 0.3 is 35.5 Å². The van der Waals surface area contributed by atoms with E-state index in [0.717, 1.165) is 0 Å². The molecule has 0 fully saturated rings. The van der Waals surface area contributed by atoms with Crippen LogP contribution >= 0.6 is 0 Å². The van der Waals surface area contributed by atoms with Gasteiger partial charge < -0.3 is 0 Å². The van der Waals surface area contributed by atoms with Gasteiger partial charge in [-0.05, 0) is 0 Å². The summed E-state index contributed by atoms with van der Waals surface area (Å²) in [5.74, 6) is -27.9. The SMILES string of the molecule is O=C(C(=O)N(CC(F)([N+](=O)[O-])[N+](=O)[O-])CC(F)([N+](=O)[O-])[N+](=O)[O-])N(CC(F)([N+](=O)[O-])[N+](=O)[O-])CC(F)([N+](=O)[O-])[N+](=O)[O-]. The molecule has 0 bridgehead atoms. The van der Waals surface area contributed by atoms with Gasteiger partial charge in [0.05, 0.1) is 0 Å². The van der Waals surface area contributed by atoms with E-state index in [9.17, 15) is 108 Å². The topological polar surface area (TPSA) is 386 Å². The number of nitrogens with zero attached hydrogens (tertiary/aromatic N) is 10. The van der Waals surface area contributed by atoms with Gasteiger partial charge in [0.2, 0.25) is 26.2 Å². The molecular formula is C10H8F4N10O18. The van der Waals surface area contributed by atoms with E-state index < -0.39 is 111 Å². The Hall–Kier alpha value is -6.14. The Bertz CT molecular complexity index is 1030. The van der Waals surface area contributed by atoms with Crippen LogP contribution in [0, 0.1) is 80.9 Å². The summed E-state index contributed by atoms with van der Waals surface area (Å²) in [4.78, 5) is 88.2. The first-order valence-electron chi connectivity index (χ1n) is 9.25. The highest BCUT2D eigenvalue weighted by atomic mass is 19.2. The van der Waals surface area contributed by atoms with E-state index in [2.05, 4.69) is 0 Å². The highest BCUT2D eigenvalue weighted by Crippen LogP contribution is 2.24. The minimum Gasteiger partial charge on any atom is -0.300 e. The van der Waals surface area contributed by atoms with Gasteiger partial charge in [0, 0.05) is 0 Å². The minimum absolute atomic E-state index is 1.47. The highest BCUT2D eigenvalue weighted by Gasteiger charge is 2.68. The molecule has 0 aliphatic heterocycles. The summed E-state index contributed by atoms with van der Waals surface area (Å²) < 4.78 is 57.6. The predicted molar refractivity (Wildman–Crippen MR) is 104 cm³/mol. The van der Waals surface area contributed by atoms with Gasteiger partial charge in [-0.3, -0.25) is 100 Å². The van der Waals surface area contributed by atoms with E-state index in [-0.39, 0.29) is 0 Å². The largest absolute Gasteiger partial charge is 0.631 e. The first-order chi connectivity index (χ1) is 18.7. The molecule has 0 saturated heterocycles. The molecule has 0 aromatic rings. The van der Waals surface area contributed by atoms with Crippen LogP contribution in [0.3, 0.4) is 0 Å². The van der Waals surface area contributed by atoms with Crippen LogP contribution in [0.4, 0.5) is 17.6 Å². The van der Waals surface area contributed by atoms with E-state index >= 15 is 0 Å². The van der Waals surface area contributed by atoms with Crippen LogP contribution in [0.15, 0.2) is 0 Å². The van der Waals surface area contributed by atoms with Gasteiger partial charge in [0.25, 0.3) is 0 Å². The van der Waals surface area contributed by atoms with E-state index in [0.29, 0.717) is 0 Å². The van der Waals surface area contributed by atoms with Gasteiger partial charge in [-0.1, -0.05) is 17.6 Å². The standard InChI is InChI=1S/C10H8F4N10O18/c11-7(17(27)28,18(29)30)1-15(2-8(12,19(31)32)20(33)34)5(25)6(26)16(3-9(13,21(35)36)22(37)38)4-10(14,23(39)40)24(41)42/h1-4H2. The van der Waals surface area contributed by atoms with E-state index in [1.807, 2.05) is 0 Å². The smallest absolute Gasteiger partial charge is 0.300 e. The molecule has 0 N–H and O–H groups in total. The highest BCUT2D eigenvalue weighted by molar-refractivity contribution is 6.35. The molecule has 0 aliphatic carbocycles. The van der Waals surface area contributed by atoms with E-state index in [4.69, 9.17) is 0 Å². The van der Waals surface area contributed by atoms with Gasteiger partial charge in [-0.25, -0.2) is 0 Å². The fraction of sp³-hybridized carbons (Fsp3) is 0.800. The first-order valence-corrected chi connectivity index (χ1v) is 9.25. The lowest BCUT2D eigenvalue weighted by molar-refractivity contribution is -0.837. The molecule has 0 heterocycles. The van der Waals surface area contributed by atoms with Crippen LogP contribution in [-0.4, -0.2) is 111 Å². The van der Waals surface area contributed by atoms with Crippen molar-refractivity contribution in [2.75, 3.05) is 26.2 Å². The van der Waals surface area contributed by atoms with Gasteiger partial charge in [-0.15, -0.1) is 0 Å². The number of nitro groups is 8. The molecule has 0 aromatic carbocycles. The molecule has 0 unspecified atom stereocenters. The number of hydrogen-bond acceptors (Lipinski definition) is 18. The van der Waals surface area contributed by atoms with Crippen molar-refractivity contribution >= 4 is 11.8 Å². The van der Waals surface area contributed by atoms with Crippen molar-refractivity contribution in [1.29, 1.82) is 0 Å². The summed E-state index contributed by atoms with van der Waals surface area (Å²) >= 11 is 0. The van der Waals surface area contributed by atoms with E-state index in [1.54, 1.807) is 0 Å². The van der Waals surface area contributed by atoms with Crippen LogP contribution in [0.25, 0.3) is 0 Å². The van der Waals surface area contributed by atoms with Gasteiger partial charge in [0.15, 0.2) is 0 Å². The molecule has 0 radical (unpaired) electrons. The van der Waals surface area contributed by atoms with Crippen molar-refractivity contribution in [3.05, 3.63) is 80.9 Å². The Morgan fingerprint density at radius 1 is 0.405 bits per heavy atom. The molecule has 28 nitrogen and oxygen atoms in total. The lowest BCUT2D eigenvalue weighted by Gasteiger charge is -2.26. The van der Waals surface area contributed by atoms with Crippen molar-refractivity contribution in [1.82, 2.24) is 9.80 Å². The Morgan fingerprint density at radius 3 is 0.619 bits per heavy atom. The van der Waals surface area contributed by atoms with Crippen LogP contribution < -0.4 is 0 Å². The molecule has 0 aliphatic rings. The Labute approximate surface area is 220 Å². The number of halogens is 4. The number of carbonyl (C=O) groups is 2. The third-order valence-electron chi connectivity index (χ3n) is 4.56. The zero-order valence-electron chi connectivity index (χ0n) is 19.2. The van der Waals surface area contributed by atoms with Crippen LogP contribution in [0.5, 0.6) is 0 Å². The number of rotatable bonds is 16. The molecule has 0 atom stereocenters. The quantitative estimate of drug-likeness (QED) is 0.0418. The average Bonchev–Trinajstić information content (AvgIpc) is 2.85. The summed E-state index contributed by atoms with van der Waals surface area (Å²) in [6.07, 6.45) is 0. The molecule has 234 valence electrons. The van der Waals surface area contributed by atoms with Gasteiger partial charge in [0.1, 0.15) is 39.4 Å². The van der Waals surface area contributed by atoms with Crippen molar-refractivity contribution in [3.63, 3.8) is 0 Å². The zero-order valence-corrected chi connectivity index (χ0v) is 19.2. The maximum absolute atomic E-state index is 14.4. The lowest BCUT2D eigenvalue weighted by Crippen LogP contribution is -2.63. The fourth-order valence-corrected chi connectivity index (χ4v) is 2.37. The number of alkyl halides is 4. The molecule has 32 heteroatoms.